The van der Waals surface area contributed by atoms with Gasteiger partial charge in [0.2, 0.25) is 10.0 Å². The van der Waals surface area contributed by atoms with E-state index in [1.54, 1.807) is 4.90 Å². The quantitative estimate of drug-likeness (QED) is 0.706. The summed E-state index contributed by atoms with van der Waals surface area (Å²) < 4.78 is 57.0. The van der Waals surface area contributed by atoms with Crippen molar-refractivity contribution in [2.45, 2.75) is 37.2 Å². The van der Waals surface area contributed by atoms with Gasteiger partial charge in [-0.2, -0.15) is 0 Å². The van der Waals surface area contributed by atoms with E-state index in [0.717, 1.165) is 18.9 Å². The van der Waals surface area contributed by atoms with Crippen molar-refractivity contribution in [3.63, 3.8) is 0 Å². The van der Waals surface area contributed by atoms with Crippen LogP contribution in [0, 0.1) is 11.6 Å². The van der Waals surface area contributed by atoms with E-state index in [-0.39, 0.29) is 18.9 Å². The van der Waals surface area contributed by atoms with Crippen LogP contribution >= 0.6 is 0 Å². The molecule has 26 heavy (non-hydrogen) atoms. The number of carbonyl (C=O) groups is 2. The number of carbonyl (C=O) groups excluding carboxylic acids is 2. The first kappa shape index (κ1) is 20.2. The van der Waals surface area contributed by atoms with Crippen molar-refractivity contribution in [2.24, 2.45) is 0 Å². The van der Waals surface area contributed by atoms with E-state index >= 15 is 0 Å². The van der Waals surface area contributed by atoms with Crippen molar-refractivity contribution < 1.29 is 31.5 Å². The van der Waals surface area contributed by atoms with E-state index in [4.69, 9.17) is 4.74 Å². The third-order valence-corrected chi connectivity index (χ3v) is 5.35. The first-order chi connectivity index (χ1) is 12.2. The molecule has 144 valence electrons. The normalized spacial score (nSPS) is 15.7. The van der Waals surface area contributed by atoms with Crippen LogP contribution in [0.25, 0.3) is 0 Å². The SMILES string of the molecule is CC(OC(=O)CCNS(=O)(=O)c1ccc(F)c(F)c1)C(=O)N1CCCC1. The van der Waals surface area contributed by atoms with Gasteiger partial charge in [-0.05, 0) is 38.0 Å². The van der Waals surface area contributed by atoms with E-state index in [2.05, 4.69) is 4.72 Å². The Hall–Kier alpha value is -2.07. The lowest BCUT2D eigenvalue weighted by Gasteiger charge is -2.20. The molecule has 1 aliphatic rings. The molecule has 0 aliphatic carbocycles. The lowest BCUT2D eigenvalue weighted by Crippen LogP contribution is -2.38. The number of likely N-dealkylation sites (tertiary alicyclic amines) is 1. The van der Waals surface area contributed by atoms with Crippen LogP contribution in [0.3, 0.4) is 0 Å². The number of esters is 1. The average Bonchev–Trinajstić information content (AvgIpc) is 3.10. The van der Waals surface area contributed by atoms with E-state index in [9.17, 15) is 26.8 Å². The maximum absolute atomic E-state index is 13.1. The van der Waals surface area contributed by atoms with Crippen molar-refractivity contribution in [1.29, 1.82) is 0 Å². The number of amides is 1. The highest BCUT2D eigenvalue weighted by atomic mass is 32.2. The van der Waals surface area contributed by atoms with Gasteiger partial charge in [0.25, 0.3) is 5.91 Å². The van der Waals surface area contributed by atoms with Crippen molar-refractivity contribution in [3.05, 3.63) is 29.8 Å². The van der Waals surface area contributed by atoms with Crippen LogP contribution in [0.5, 0.6) is 0 Å². The van der Waals surface area contributed by atoms with Gasteiger partial charge in [-0.3, -0.25) is 9.59 Å². The van der Waals surface area contributed by atoms with E-state index in [1.807, 2.05) is 0 Å². The molecule has 2 rings (SSSR count). The van der Waals surface area contributed by atoms with Gasteiger partial charge in [-0.1, -0.05) is 0 Å². The summed E-state index contributed by atoms with van der Waals surface area (Å²) in [5, 5.41) is 0. The summed E-state index contributed by atoms with van der Waals surface area (Å²) in [7, 11) is -4.09. The highest BCUT2D eigenvalue weighted by Crippen LogP contribution is 2.14. The van der Waals surface area contributed by atoms with Crippen LogP contribution in [-0.2, 0) is 24.3 Å². The molecular weight excluding hydrogens is 370 g/mol. The molecule has 1 fully saturated rings. The van der Waals surface area contributed by atoms with Crippen LogP contribution in [0.2, 0.25) is 0 Å². The lowest BCUT2D eigenvalue weighted by atomic mass is 10.3. The molecule has 0 radical (unpaired) electrons. The number of ether oxygens (including phenoxy) is 1. The van der Waals surface area contributed by atoms with Crippen LogP contribution < -0.4 is 4.72 Å². The molecule has 1 unspecified atom stereocenters. The molecule has 1 aromatic rings. The monoisotopic (exact) mass is 390 g/mol. The maximum atomic E-state index is 13.1. The standard InChI is InChI=1S/C16H20F2N2O5S/c1-11(16(22)20-8-2-3-9-20)25-15(21)6-7-19-26(23,24)12-4-5-13(17)14(18)10-12/h4-5,10-11,19H,2-3,6-9H2,1H3. The Bertz CT molecular complexity index is 779. The average molecular weight is 390 g/mol. The Morgan fingerprint density at radius 1 is 1.23 bits per heavy atom. The first-order valence-electron chi connectivity index (χ1n) is 8.13. The molecule has 0 saturated carbocycles. The van der Waals surface area contributed by atoms with Crippen LogP contribution in [0.4, 0.5) is 8.78 Å². The van der Waals surface area contributed by atoms with Crippen molar-refractivity contribution in [1.82, 2.24) is 9.62 Å². The zero-order valence-corrected chi connectivity index (χ0v) is 15.0. The number of halogens is 2. The van der Waals surface area contributed by atoms with Gasteiger partial charge in [-0.15, -0.1) is 0 Å². The van der Waals surface area contributed by atoms with E-state index < -0.39 is 38.6 Å². The molecule has 0 spiro atoms. The highest BCUT2D eigenvalue weighted by molar-refractivity contribution is 7.89. The molecule has 7 nitrogen and oxygen atoms in total. The Labute approximate surface area is 150 Å². The summed E-state index contributed by atoms with van der Waals surface area (Å²) in [6.07, 6.45) is 0.583. The van der Waals surface area contributed by atoms with Crippen LogP contribution in [0.15, 0.2) is 23.1 Å². The van der Waals surface area contributed by atoms with Gasteiger partial charge >= 0.3 is 5.97 Å². The second kappa shape index (κ2) is 8.54. The number of benzene rings is 1. The van der Waals surface area contributed by atoms with Crippen molar-refractivity contribution in [3.8, 4) is 0 Å². The Kier molecular flexibility index (Phi) is 6.65. The number of nitrogens with zero attached hydrogens (tertiary/aromatic N) is 1. The summed E-state index contributed by atoms with van der Waals surface area (Å²) in [6, 6.07) is 2.16. The second-order valence-electron chi connectivity index (χ2n) is 5.89. The lowest BCUT2D eigenvalue weighted by molar-refractivity contribution is -0.158. The number of nitrogens with one attached hydrogen (secondary N) is 1. The highest BCUT2D eigenvalue weighted by Gasteiger charge is 2.26. The minimum Gasteiger partial charge on any atom is -0.452 e. The van der Waals surface area contributed by atoms with Crippen LogP contribution in [-0.4, -0.2) is 50.9 Å². The minimum absolute atomic E-state index is 0.279. The smallest absolute Gasteiger partial charge is 0.307 e. The molecule has 0 aromatic heterocycles. The molecule has 1 aromatic carbocycles. The fourth-order valence-corrected chi connectivity index (χ4v) is 3.56. The maximum Gasteiger partial charge on any atom is 0.307 e. The summed E-state index contributed by atoms with van der Waals surface area (Å²) in [5.74, 6) is -3.47. The molecular formula is C16H20F2N2O5S. The molecule has 1 atom stereocenters. The van der Waals surface area contributed by atoms with Crippen molar-refractivity contribution >= 4 is 21.9 Å². The predicted octanol–water partition coefficient (Wildman–Crippen LogP) is 1.19. The van der Waals surface area contributed by atoms with Gasteiger partial charge in [0, 0.05) is 19.6 Å². The Morgan fingerprint density at radius 3 is 2.50 bits per heavy atom. The molecule has 1 amide bonds. The second-order valence-corrected chi connectivity index (χ2v) is 7.66. The number of hydrogen-bond acceptors (Lipinski definition) is 5. The zero-order chi connectivity index (χ0) is 19.3. The first-order valence-corrected chi connectivity index (χ1v) is 9.62. The minimum atomic E-state index is -4.09. The Morgan fingerprint density at radius 2 is 1.88 bits per heavy atom. The molecule has 10 heteroatoms. The number of rotatable bonds is 7. The number of hydrogen-bond donors (Lipinski definition) is 1. The van der Waals surface area contributed by atoms with E-state index in [0.29, 0.717) is 25.2 Å². The van der Waals surface area contributed by atoms with Gasteiger partial charge in [0.05, 0.1) is 11.3 Å². The van der Waals surface area contributed by atoms with Gasteiger partial charge < -0.3 is 9.64 Å². The van der Waals surface area contributed by atoms with Gasteiger partial charge in [0.1, 0.15) is 0 Å². The third kappa shape index (κ3) is 5.21. The fraction of sp³-hybridized carbons (Fsp3) is 0.500. The summed E-state index contributed by atoms with van der Waals surface area (Å²) in [4.78, 5) is 24.9. The fourth-order valence-electron chi connectivity index (χ4n) is 2.52. The summed E-state index contributed by atoms with van der Waals surface area (Å²) in [5.41, 5.74) is 0. The molecule has 1 saturated heterocycles. The largest absolute Gasteiger partial charge is 0.452 e. The third-order valence-electron chi connectivity index (χ3n) is 3.90. The van der Waals surface area contributed by atoms with Crippen LogP contribution in [0.1, 0.15) is 26.2 Å². The molecule has 1 N–H and O–H groups in total. The summed E-state index contributed by atoms with van der Waals surface area (Å²) in [6.45, 7) is 2.43. The Balaban J connectivity index is 1.81. The van der Waals surface area contributed by atoms with Crippen molar-refractivity contribution in [2.75, 3.05) is 19.6 Å². The summed E-state index contributed by atoms with van der Waals surface area (Å²) >= 11 is 0. The predicted molar refractivity (Wildman–Crippen MR) is 87.5 cm³/mol. The molecule has 1 heterocycles. The van der Waals surface area contributed by atoms with Gasteiger partial charge in [0.15, 0.2) is 17.7 Å². The number of sulfonamides is 1. The van der Waals surface area contributed by atoms with Gasteiger partial charge in [-0.25, -0.2) is 21.9 Å². The van der Waals surface area contributed by atoms with E-state index in [1.165, 1.54) is 6.92 Å². The molecule has 1 aliphatic heterocycles. The topological polar surface area (TPSA) is 92.8 Å². The molecule has 0 bridgehead atoms. The zero-order valence-electron chi connectivity index (χ0n) is 14.2.